The first kappa shape index (κ1) is 10.5. The number of phenolic OH excluding ortho intramolecular Hbond substituents is 1. The van der Waals surface area contributed by atoms with Gasteiger partial charge in [0.05, 0.1) is 11.6 Å². The Balaban J connectivity index is 3.00. The number of nitroso groups, excluding NO2 is 1. The van der Waals surface area contributed by atoms with E-state index in [0.717, 1.165) is 12.3 Å². The van der Waals surface area contributed by atoms with E-state index in [1.54, 1.807) is 0 Å². The van der Waals surface area contributed by atoms with Crippen molar-refractivity contribution in [1.82, 2.24) is 10.2 Å². The first-order valence-electron chi connectivity index (χ1n) is 3.95. The molecule has 2 aromatic rings. The molecule has 0 amide bonds. The van der Waals surface area contributed by atoms with Gasteiger partial charge in [0.25, 0.3) is 10.1 Å². The van der Waals surface area contributed by atoms with E-state index in [1.165, 1.54) is 0 Å². The van der Waals surface area contributed by atoms with Gasteiger partial charge in [0.15, 0.2) is 0 Å². The third-order valence-corrected chi connectivity index (χ3v) is 2.89. The lowest BCUT2D eigenvalue weighted by Crippen LogP contribution is -1.98. The standard InChI is InChI=1S/C7H5N3O5S/c11-4-1-5(16(13,14)15)7(10-12)3-2-8-9-6(3)4/h1-2,11H,(H,8,9)(H,13,14,15). The Morgan fingerprint density at radius 1 is 1.44 bits per heavy atom. The lowest BCUT2D eigenvalue weighted by Gasteiger charge is -2.02. The summed E-state index contributed by atoms with van der Waals surface area (Å²) < 4.78 is 30.7. The third kappa shape index (κ3) is 1.42. The monoisotopic (exact) mass is 243 g/mol. The molecule has 2 rings (SSSR count). The Morgan fingerprint density at radius 3 is 2.69 bits per heavy atom. The van der Waals surface area contributed by atoms with Crippen LogP contribution in [0, 0.1) is 4.91 Å². The summed E-state index contributed by atoms with van der Waals surface area (Å²) in [6.07, 6.45) is 1.13. The van der Waals surface area contributed by atoms with Crippen molar-refractivity contribution in [2.24, 2.45) is 5.18 Å². The quantitative estimate of drug-likeness (QED) is 0.530. The Morgan fingerprint density at radius 2 is 2.12 bits per heavy atom. The molecule has 3 N–H and O–H groups in total. The van der Waals surface area contributed by atoms with Crippen LogP contribution >= 0.6 is 0 Å². The molecule has 0 bridgehead atoms. The second-order valence-electron chi connectivity index (χ2n) is 2.97. The van der Waals surface area contributed by atoms with Gasteiger partial charge < -0.3 is 5.11 Å². The number of benzene rings is 1. The zero-order valence-electron chi connectivity index (χ0n) is 7.58. The number of fused-ring (bicyclic) bond motifs is 1. The van der Waals surface area contributed by atoms with Crippen molar-refractivity contribution < 1.29 is 18.1 Å². The van der Waals surface area contributed by atoms with Crippen LogP contribution in [0.3, 0.4) is 0 Å². The van der Waals surface area contributed by atoms with Gasteiger partial charge in [-0.15, -0.1) is 4.91 Å². The van der Waals surface area contributed by atoms with E-state index in [-0.39, 0.29) is 10.9 Å². The number of aromatic hydroxyl groups is 1. The Hall–Kier alpha value is -2.00. The van der Waals surface area contributed by atoms with Gasteiger partial charge in [-0.1, -0.05) is 0 Å². The maximum Gasteiger partial charge on any atom is 0.296 e. The zero-order valence-corrected chi connectivity index (χ0v) is 8.39. The largest absolute Gasteiger partial charge is 0.506 e. The minimum absolute atomic E-state index is 0.0163. The number of hydrogen-bond donors (Lipinski definition) is 3. The molecule has 1 heterocycles. The molecule has 16 heavy (non-hydrogen) atoms. The number of H-pyrrole nitrogens is 1. The van der Waals surface area contributed by atoms with Crippen LogP contribution in [0.2, 0.25) is 0 Å². The number of phenols is 1. The molecule has 0 saturated carbocycles. The Bertz CT molecular complexity index is 675. The zero-order chi connectivity index (χ0) is 11.9. The number of rotatable bonds is 2. The summed E-state index contributed by atoms with van der Waals surface area (Å²) in [7, 11) is -4.63. The molecule has 1 aromatic heterocycles. The second-order valence-corrected chi connectivity index (χ2v) is 4.36. The van der Waals surface area contributed by atoms with Crippen molar-refractivity contribution in [3.8, 4) is 5.75 Å². The fourth-order valence-electron chi connectivity index (χ4n) is 1.35. The molecule has 0 aliphatic rings. The van der Waals surface area contributed by atoms with Crippen molar-refractivity contribution in [3.63, 3.8) is 0 Å². The van der Waals surface area contributed by atoms with Crippen LogP contribution in [0.5, 0.6) is 5.75 Å². The predicted molar refractivity (Wildman–Crippen MR) is 53.0 cm³/mol. The van der Waals surface area contributed by atoms with Gasteiger partial charge in [0.1, 0.15) is 21.8 Å². The third-order valence-electron chi connectivity index (χ3n) is 2.02. The van der Waals surface area contributed by atoms with Crippen molar-refractivity contribution in [2.45, 2.75) is 4.90 Å². The molecule has 0 fully saturated rings. The van der Waals surface area contributed by atoms with Gasteiger partial charge in [-0.2, -0.15) is 13.5 Å². The van der Waals surface area contributed by atoms with Crippen LogP contribution in [0.15, 0.2) is 22.3 Å². The molecule has 0 aliphatic heterocycles. The summed E-state index contributed by atoms with van der Waals surface area (Å²) in [4.78, 5) is 9.79. The fraction of sp³-hybridized carbons (Fsp3) is 0. The van der Waals surface area contributed by atoms with E-state index < -0.39 is 26.5 Å². The van der Waals surface area contributed by atoms with Crippen molar-refractivity contribution >= 4 is 26.7 Å². The van der Waals surface area contributed by atoms with E-state index in [0.29, 0.717) is 0 Å². The van der Waals surface area contributed by atoms with Crippen LogP contribution in [0.1, 0.15) is 0 Å². The molecule has 0 aliphatic carbocycles. The molecule has 0 unspecified atom stereocenters. The summed E-state index contributed by atoms with van der Waals surface area (Å²) in [5.74, 6) is -0.451. The molecule has 0 atom stereocenters. The molecule has 0 spiro atoms. The maximum absolute atomic E-state index is 10.9. The highest BCUT2D eigenvalue weighted by molar-refractivity contribution is 7.86. The first-order valence-corrected chi connectivity index (χ1v) is 5.39. The smallest absolute Gasteiger partial charge is 0.296 e. The van der Waals surface area contributed by atoms with Crippen molar-refractivity contribution in [3.05, 3.63) is 17.2 Å². The molecule has 9 heteroatoms. The normalized spacial score (nSPS) is 11.8. The topological polar surface area (TPSA) is 133 Å². The molecular formula is C7H5N3O5S. The average Bonchev–Trinajstić information content (AvgIpc) is 2.65. The van der Waals surface area contributed by atoms with E-state index in [4.69, 9.17) is 4.55 Å². The minimum Gasteiger partial charge on any atom is -0.506 e. The van der Waals surface area contributed by atoms with E-state index in [9.17, 15) is 18.4 Å². The fourth-order valence-corrected chi connectivity index (χ4v) is 2.00. The Labute approximate surface area is 88.6 Å². The van der Waals surface area contributed by atoms with E-state index >= 15 is 0 Å². The predicted octanol–water partition coefficient (Wildman–Crippen LogP) is 0.913. The van der Waals surface area contributed by atoms with E-state index in [1.807, 2.05) is 0 Å². The highest BCUT2D eigenvalue weighted by Crippen LogP contribution is 2.37. The van der Waals surface area contributed by atoms with Crippen molar-refractivity contribution in [1.29, 1.82) is 0 Å². The average molecular weight is 243 g/mol. The Kier molecular flexibility index (Phi) is 2.14. The first-order chi connectivity index (χ1) is 7.45. The van der Waals surface area contributed by atoms with Gasteiger partial charge >= 0.3 is 0 Å². The summed E-state index contributed by atoms with van der Waals surface area (Å²) in [5.41, 5.74) is -0.425. The highest BCUT2D eigenvalue weighted by Gasteiger charge is 2.22. The number of aromatic nitrogens is 2. The summed E-state index contributed by atoms with van der Waals surface area (Å²) >= 11 is 0. The van der Waals surface area contributed by atoms with Gasteiger partial charge in [-0.05, 0) is 5.18 Å². The van der Waals surface area contributed by atoms with E-state index in [2.05, 4.69) is 15.4 Å². The van der Waals surface area contributed by atoms with Gasteiger partial charge in [-0.3, -0.25) is 9.65 Å². The second kappa shape index (κ2) is 3.25. The minimum atomic E-state index is -4.63. The molecule has 84 valence electrons. The number of hydrogen-bond acceptors (Lipinski definition) is 6. The van der Waals surface area contributed by atoms with Gasteiger partial charge in [-0.25, -0.2) is 0 Å². The lowest BCUT2D eigenvalue weighted by molar-refractivity contribution is 0.470. The van der Waals surface area contributed by atoms with Crippen LogP contribution in [0.25, 0.3) is 10.9 Å². The molecular weight excluding hydrogens is 238 g/mol. The number of nitrogens with one attached hydrogen (secondary N) is 1. The number of aromatic amines is 1. The van der Waals surface area contributed by atoms with Gasteiger partial charge in [0.2, 0.25) is 0 Å². The molecule has 0 saturated heterocycles. The lowest BCUT2D eigenvalue weighted by atomic mass is 10.2. The van der Waals surface area contributed by atoms with Crippen LogP contribution in [-0.2, 0) is 10.1 Å². The molecule has 8 nitrogen and oxygen atoms in total. The summed E-state index contributed by atoms with van der Waals surface area (Å²) in [5, 5.41) is 17.9. The van der Waals surface area contributed by atoms with Gasteiger partial charge in [0, 0.05) is 6.07 Å². The molecule has 0 radical (unpaired) electrons. The van der Waals surface area contributed by atoms with Crippen molar-refractivity contribution in [2.75, 3.05) is 0 Å². The highest BCUT2D eigenvalue weighted by atomic mass is 32.2. The summed E-state index contributed by atoms with van der Waals surface area (Å²) in [6, 6.07) is 0.729. The SMILES string of the molecule is O=Nc1c(S(=O)(=O)O)cc(O)c2[nH]ncc12. The molecule has 1 aromatic carbocycles. The van der Waals surface area contributed by atoms with Crippen LogP contribution in [-0.4, -0.2) is 28.3 Å². The number of nitrogens with zero attached hydrogens (tertiary/aromatic N) is 2. The van der Waals surface area contributed by atoms with Crippen LogP contribution < -0.4 is 0 Å². The van der Waals surface area contributed by atoms with Crippen LogP contribution in [0.4, 0.5) is 5.69 Å². The summed E-state index contributed by atoms with van der Waals surface area (Å²) in [6.45, 7) is 0. The maximum atomic E-state index is 10.9.